The molecule has 14 heavy (non-hydrogen) atoms. The SMILES string of the molecule is CSc1ncc(N)n1-c1ccccc1. The molecule has 1 aromatic heterocycles. The molecule has 0 fully saturated rings. The fraction of sp³-hybridized carbons (Fsp3) is 0.100. The number of aromatic nitrogens is 2. The Morgan fingerprint density at radius 2 is 2.00 bits per heavy atom. The standard InChI is InChI=1S/C10H11N3S/c1-14-10-12-7-9(11)13(10)8-5-3-2-4-6-8/h2-7H,11H2,1H3. The lowest BCUT2D eigenvalue weighted by atomic mass is 10.3. The van der Waals surface area contributed by atoms with Gasteiger partial charge in [0.15, 0.2) is 5.16 Å². The summed E-state index contributed by atoms with van der Waals surface area (Å²) in [5.74, 6) is 0.667. The molecule has 0 saturated carbocycles. The van der Waals surface area contributed by atoms with Gasteiger partial charge in [0.05, 0.1) is 6.20 Å². The minimum Gasteiger partial charge on any atom is -0.383 e. The third kappa shape index (κ3) is 1.48. The van der Waals surface area contributed by atoms with Crippen LogP contribution in [0.5, 0.6) is 0 Å². The molecule has 0 spiro atoms. The highest BCUT2D eigenvalue weighted by Crippen LogP contribution is 2.22. The molecule has 2 N–H and O–H groups in total. The summed E-state index contributed by atoms with van der Waals surface area (Å²) < 4.78 is 1.94. The number of rotatable bonds is 2. The van der Waals surface area contributed by atoms with Gasteiger partial charge in [-0.15, -0.1) is 0 Å². The molecular formula is C10H11N3S. The molecular weight excluding hydrogens is 194 g/mol. The highest BCUT2D eigenvalue weighted by Gasteiger charge is 2.07. The van der Waals surface area contributed by atoms with Gasteiger partial charge in [-0.1, -0.05) is 30.0 Å². The third-order valence-corrected chi connectivity index (χ3v) is 2.61. The van der Waals surface area contributed by atoms with Crippen LogP contribution in [0.4, 0.5) is 5.82 Å². The van der Waals surface area contributed by atoms with Crippen LogP contribution in [0.3, 0.4) is 0 Å². The van der Waals surface area contributed by atoms with Crippen molar-refractivity contribution < 1.29 is 0 Å². The molecule has 2 aromatic rings. The van der Waals surface area contributed by atoms with Crippen molar-refractivity contribution in [2.45, 2.75) is 5.16 Å². The molecule has 0 atom stereocenters. The molecule has 3 nitrogen and oxygen atoms in total. The smallest absolute Gasteiger partial charge is 0.173 e. The van der Waals surface area contributed by atoms with Crippen LogP contribution in [-0.2, 0) is 0 Å². The van der Waals surface area contributed by atoms with Crippen LogP contribution in [0.1, 0.15) is 0 Å². The lowest BCUT2D eigenvalue weighted by Crippen LogP contribution is -2.00. The van der Waals surface area contributed by atoms with Crippen molar-refractivity contribution in [1.82, 2.24) is 9.55 Å². The second-order valence-electron chi connectivity index (χ2n) is 2.84. The first kappa shape index (κ1) is 9.15. The first-order chi connectivity index (χ1) is 6.83. The van der Waals surface area contributed by atoms with Gasteiger partial charge in [0.25, 0.3) is 0 Å². The molecule has 0 bridgehead atoms. The fourth-order valence-corrected chi connectivity index (χ4v) is 1.88. The summed E-state index contributed by atoms with van der Waals surface area (Å²) in [5, 5.41) is 0.911. The van der Waals surface area contributed by atoms with Crippen LogP contribution in [0.25, 0.3) is 5.69 Å². The number of anilines is 1. The molecule has 1 heterocycles. The zero-order valence-electron chi connectivity index (χ0n) is 7.84. The van der Waals surface area contributed by atoms with Crippen LogP contribution in [-0.4, -0.2) is 15.8 Å². The Morgan fingerprint density at radius 1 is 1.29 bits per heavy atom. The number of hydrogen-bond acceptors (Lipinski definition) is 3. The monoisotopic (exact) mass is 205 g/mol. The molecule has 0 unspecified atom stereocenters. The van der Waals surface area contributed by atoms with Crippen molar-refractivity contribution in [3.63, 3.8) is 0 Å². The van der Waals surface area contributed by atoms with Crippen molar-refractivity contribution in [3.8, 4) is 5.69 Å². The normalized spacial score (nSPS) is 10.4. The maximum absolute atomic E-state index is 5.84. The van der Waals surface area contributed by atoms with Crippen molar-refractivity contribution in [3.05, 3.63) is 36.5 Å². The average Bonchev–Trinajstić information content (AvgIpc) is 2.61. The number of hydrogen-bond donors (Lipinski definition) is 1. The third-order valence-electron chi connectivity index (χ3n) is 1.95. The van der Waals surface area contributed by atoms with E-state index in [0.717, 1.165) is 10.8 Å². The first-order valence-electron chi connectivity index (χ1n) is 4.25. The number of nitrogens with zero attached hydrogens (tertiary/aromatic N) is 2. The van der Waals surface area contributed by atoms with Crippen LogP contribution in [0.2, 0.25) is 0 Å². The Kier molecular flexibility index (Phi) is 2.45. The molecule has 0 aliphatic rings. The number of nitrogens with two attached hydrogens (primary N) is 1. The van der Waals surface area contributed by atoms with Gasteiger partial charge in [0.1, 0.15) is 5.82 Å². The van der Waals surface area contributed by atoms with E-state index in [9.17, 15) is 0 Å². The molecule has 1 aromatic carbocycles. The molecule has 0 saturated heterocycles. The summed E-state index contributed by atoms with van der Waals surface area (Å²) in [6.07, 6.45) is 3.67. The Morgan fingerprint density at radius 3 is 2.64 bits per heavy atom. The fourth-order valence-electron chi connectivity index (χ4n) is 1.33. The van der Waals surface area contributed by atoms with Crippen molar-refractivity contribution in [2.24, 2.45) is 0 Å². The van der Waals surface area contributed by atoms with Gasteiger partial charge < -0.3 is 5.73 Å². The van der Waals surface area contributed by atoms with Gasteiger partial charge >= 0.3 is 0 Å². The van der Waals surface area contributed by atoms with Crippen molar-refractivity contribution >= 4 is 17.6 Å². The summed E-state index contributed by atoms with van der Waals surface area (Å²) in [6, 6.07) is 9.97. The Hall–Kier alpha value is -1.42. The number of thioether (sulfide) groups is 1. The second kappa shape index (κ2) is 3.75. The van der Waals surface area contributed by atoms with E-state index in [2.05, 4.69) is 4.98 Å². The van der Waals surface area contributed by atoms with Crippen LogP contribution in [0, 0.1) is 0 Å². The Labute approximate surface area is 87.0 Å². The van der Waals surface area contributed by atoms with Gasteiger partial charge in [0, 0.05) is 5.69 Å². The number of nitrogen functional groups attached to an aromatic ring is 1. The van der Waals surface area contributed by atoms with E-state index in [-0.39, 0.29) is 0 Å². The molecule has 72 valence electrons. The van der Waals surface area contributed by atoms with E-state index in [0.29, 0.717) is 5.82 Å². The highest BCUT2D eigenvalue weighted by atomic mass is 32.2. The summed E-state index contributed by atoms with van der Waals surface area (Å²) in [6.45, 7) is 0. The summed E-state index contributed by atoms with van der Waals surface area (Å²) in [4.78, 5) is 4.21. The van der Waals surface area contributed by atoms with Gasteiger partial charge in [-0.3, -0.25) is 4.57 Å². The highest BCUT2D eigenvalue weighted by molar-refractivity contribution is 7.98. The lowest BCUT2D eigenvalue weighted by molar-refractivity contribution is 0.905. The van der Waals surface area contributed by atoms with Crippen LogP contribution in [0.15, 0.2) is 41.7 Å². The summed E-state index contributed by atoms with van der Waals surface area (Å²) >= 11 is 1.58. The van der Waals surface area contributed by atoms with E-state index in [4.69, 9.17) is 5.73 Å². The minimum absolute atomic E-state index is 0.667. The quantitative estimate of drug-likeness (QED) is 0.764. The Bertz CT molecular complexity index is 422. The van der Waals surface area contributed by atoms with Gasteiger partial charge in [0.2, 0.25) is 0 Å². The van der Waals surface area contributed by atoms with E-state index in [1.807, 2.05) is 41.2 Å². The van der Waals surface area contributed by atoms with E-state index in [1.54, 1.807) is 18.0 Å². The van der Waals surface area contributed by atoms with Crippen LogP contribution < -0.4 is 5.73 Å². The lowest BCUT2D eigenvalue weighted by Gasteiger charge is -2.07. The molecule has 0 radical (unpaired) electrons. The van der Waals surface area contributed by atoms with Crippen molar-refractivity contribution in [2.75, 3.05) is 12.0 Å². The topological polar surface area (TPSA) is 43.8 Å². The van der Waals surface area contributed by atoms with E-state index >= 15 is 0 Å². The molecule has 0 aliphatic carbocycles. The van der Waals surface area contributed by atoms with Crippen molar-refractivity contribution in [1.29, 1.82) is 0 Å². The largest absolute Gasteiger partial charge is 0.383 e. The van der Waals surface area contributed by atoms with Gasteiger partial charge in [-0.25, -0.2) is 4.98 Å². The maximum atomic E-state index is 5.84. The van der Waals surface area contributed by atoms with Gasteiger partial charge in [-0.05, 0) is 18.4 Å². The molecule has 0 aliphatic heterocycles. The Balaban J connectivity index is 2.55. The average molecular weight is 205 g/mol. The van der Waals surface area contributed by atoms with E-state index < -0.39 is 0 Å². The first-order valence-corrected chi connectivity index (χ1v) is 5.48. The predicted octanol–water partition coefficient (Wildman–Crippen LogP) is 2.18. The second-order valence-corrected chi connectivity index (χ2v) is 3.61. The van der Waals surface area contributed by atoms with E-state index in [1.165, 1.54) is 0 Å². The summed E-state index contributed by atoms with van der Waals surface area (Å²) in [7, 11) is 0. The summed E-state index contributed by atoms with van der Waals surface area (Å²) in [5.41, 5.74) is 6.88. The maximum Gasteiger partial charge on any atom is 0.173 e. The number of benzene rings is 1. The minimum atomic E-state index is 0.667. The van der Waals surface area contributed by atoms with Crippen LogP contribution >= 0.6 is 11.8 Å². The zero-order chi connectivity index (χ0) is 9.97. The molecule has 2 rings (SSSR count). The predicted molar refractivity (Wildman–Crippen MR) is 59.8 cm³/mol. The zero-order valence-corrected chi connectivity index (χ0v) is 8.66. The molecule has 4 heteroatoms. The molecule has 0 amide bonds. The number of para-hydroxylation sites is 1. The number of imidazole rings is 1. The van der Waals surface area contributed by atoms with Gasteiger partial charge in [-0.2, -0.15) is 0 Å².